The van der Waals surface area contributed by atoms with Gasteiger partial charge in [-0.25, -0.2) is 9.37 Å². The number of halogens is 4. The van der Waals surface area contributed by atoms with Gasteiger partial charge < -0.3 is 19.9 Å². The molecule has 36 heavy (non-hydrogen) atoms. The van der Waals surface area contributed by atoms with Crippen LogP contribution < -0.4 is 15.1 Å². The molecule has 3 aliphatic rings. The molecule has 2 aromatic rings. The number of benzene rings is 1. The van der Waals surface area contributed by atoms with E-state index in [-0.39, 0.29) is 16.3 Å². The summed E-state index contributed by atoms with van der Waals surface area (Å²) in [5.74, 6) is -1.21. The van der Waals surface area contributed by atoms with Crippen molar-refractivity contribution < 1.29 is 27.1 Å². The molecule has 11 heteroatoms. The van der Waals surface area contributed by atoms with Gasteiger partial charge in [0.2, 0.25) is 0 Å². The van der Waals surface area contributed by atoms with E-state index in [1.54, 1.807) is 25.0 Å². The summed E-state index contributed by atoms with van der Waals surface area (Å²) in [5, 5.41) is 2.93. The van der Waals surface area contributed by atoms with Crippen molar-refractivity contribution in [1.82, 2.24) is 4.98 Å². The van der Waals surface area contributed by atoms with Gasteiger partial charge in [-0.2, -0.15) is 13.2 Å². The highest BCUT2D eigenvalue weighted by Gasteiger charge is 2.42. The van der Waals surface area contributed by atoms with Crippen molar-refractivity contribution in [2.45, 2.75) is 76.2 Å². The second-order valence-electron chi connectivity index (χ2n) is 10.4. The number of thiazole rings is 1. The van der Waals surface area contributed by atoms with Crippen molar-refractivity contribution in [2.75, 3.05) is 35.3 Å². The number of rotatable bonds is 6. The molecule has 1 N–H and O–H groups in total. The number of anilines is 3. The molecule has 4 heterocycles. The summed E-state index contributed by atoms with van der Waals surface area (Å²) >= 11 is 0.853. The number of carbonyl (C=O) groups excluding carboxylic acids is 1. The first kappa shape index (κ1) is 25.3. The maximum Gasteiger partial charge on any atom is 0.393 e. The predicted molar refractivity (Wildman–Crippen MR) is 132 cm³/mol. The first-order valence-electron chi connectivity index (χ1n) is 12.2. The zero-order valence-corrected chi connectivity index (χ0v) is 21.4. The third kappa shape index (κ3) is 4.79. The summed E-state index contributed by atoms with van der Waals surface area (Å²) in [7, 11) is 1.58. The molecule has 0 aliphatic carbocycles. The summed E-state index contributed by atoms with van der Waals surface area (Å²) < 4.78 is 60.5. The Bertz CT molecular complexity index is 1120. The molecular formula is C25H30F4N4O2S. The van der Waals surface area contributed by atoms with Crippen LogP contribution in [0.5, 0.6) is 0 Å². The number of hydrogen-bond acceptors (Lipinski definition) is 6. The number of amides is 1. The molecule has 196 valence electrons. The third-order valence-electron chi connectivity index (χ3n) is 7.54. The van der Waals surface area contributed by atoms with Crippen LogP contribution in [0.4, 0.5) is 34.1 Å². The minimum Gasteiger partial charge on any atom is -0.375 e. The summed E-state index contributed by atoms with van der Waals surface area (Å²) in [4.78, 5) is 21.1. The van der Waals surface area contributed by atoms with Crippen LogP contribution in [0.15, 0.2) is 12.1 Å². The van der Waals surface area contributed by atoms with E-state index in [2.05, 4.69) is 15.2 Å². The van der Waals surface area contributed by atoms with Crippen molar-refractivity contribution in [3.63, 3.8) is 0 Å². The fourth-order valence-electron chi connectivity index (χ4n) is 5.79. The quantitative estimate of drug-likeness (QED) is 0.490. The Balaban J connectivity index is 1.38. The number of alkyl halides is 3. The van der Waals surface area contributed by atoms with Gasteiger partial charge in [0.25, 0.3) is 5.91 Å². The molecule has 1 aromatic heterocycles. The van der Waals surface area contributed by atoms with E-state index in [1.807, 2.05) is 6.92 Å². The molecule has 6 nitrogen and oxygen atoms in total. The van der Waals surface area contributed by atoms with Crippen LogP contribution in [0.3, 0.4) is 0 Å². The minimum absolute atomic E-state index is 0.167. The topological polar surface area (TPSA) is 57.7 Å². The van der Waals surface area contributed by atoms with E-state index >= 15 is 4.39 Å². The first-order valence-corrected chi connectivity index (χ1v) is 13.0. The lowest BCUT2D eigenvalue weighted by molar-refractivity contribution is -0.126. The lowest BCUT2D eigenvalue weighted by atomic mass is 9.97. The number of fused-ring (bicyclic) bond motifs is 2. The average Bonchev–Trinajstić information content (AvgIpc) is 3.26. The second-order valence-corrected chi connectivity index (χ2v) is 11.4. The van der Waals surface area contributed by atoms with Crippen molar-refractivity contribution >= 4 is 33.8 Å². The monoisotopic (exact) mass is 526 g/mol. The number of nitrogens with zero attached hydrogens (tertiary/aromatic N) is 3. The van der Waals surface area contributed by atoms with Crippen LogP contribution in [-0.2, 0) is 11.2 Å². The number of hydrogen-bond donors (Lipinski definition) is 1. The van der Waals surface area contributed by atoms with Gasteiger partial charge in [0.15, 0.2) is 5.13 Å². The van der Waals surface area contributed by atoms with Crippen molar-refractivity contribution in [1.29, 1.82) is 0 Å². The molecule has 2 bridgehead atoms. The zero-order valence-electron chi connectivity index (χ0n) is 20.5. The normalized spacial score (nSPS) is 23.1. The highest BCUT2D eigenvalue weighted by molar-refractivity contribution is 7.16. The fraction of sp³-hybridized carbons (Fsp3) is 0.600. The molecule has 1 aromatic carbocycles. The predicted octanol–water partition coefficient (Wildman–Crippen LogP) is 5.69. The molecular weight excluding hydrogens is 496 g/mol. The number of aryl methyl sites for hydroxylation is 1. The van der Waals surface area contributed by atoms with Crippen molar-refractivity contribution in [2.24, 2.45) is 0 Å². The number of piperidine rings is 1. The minimum atomic E-state index is -4.49. The lowest BCUT2D eigenvalue weighted by Gasteiger charge is -2.46. The molecule has 3 aliphatic heterocycles. The van der Waals surface area contributed by atoms with E-state index in [9.17, 15) is 18.0 Å². The number of methoxy groups -OCH3 is 1. The molecule has 0 spiro atoms. The maximum atomic E-state index is 15.3. The van der Waals surface area contributed by atoms with Gasteiger partial charge in [-0.15, -0.1) is 11.3 Å². The van der Waals surface area contributed by atoms with Crippen LogP contribution in [0.2, 0.25) is 0 Å². The Morgan fingerprint density at radius 1 is 1.22 bits per heavy atom. The van der Waals surface area contributed by atoms with Crippen LogP contribution in [-0.4, -0.2) is 55.0 Å². The van der Waals surface area contributed by atoms with Gasteiger partial charge >= 0.3 is 6.18 Å². The Morgan fingerprint density at radius 3 is 2.47 bits per heavy atom. The summed E-state index contributed by atoms with van der Waals surface area (Å²) in [5.41, 5.74) is 0.773. The molecule has 5 rings (SSSR count). The van der Waals surface area contributed by atoms with E-state index in [1.165, 1.54) is 6.07 Å². The van der Waals surface area contributed by atoms with Gasteiger partial charge in [-0.05, 0) is 63.6 Å². The van der Waals surface area contributed by atoms with Crippen LogP contribution >= 0.6 is 11.3 Å². The van der Waals surface area contributed by atoms with Crippen LogP contribution in [0.25, 0.3) is 0 Å². The highest BCUT2D eigenvalue weighted by Crippen LogP contribution is 2.42. The Hall–Kier alpha value is -2.40. The number of nitrogens with one attached hydrogen (secondary N) is 1. The van der Waals surface area contributed by atoms with Gasteiger partial charge in [0.1, 0.15) is 11.5 Å². The van der Waals surface area contributed by atoms with Gasteiger partial charge in [0.05, 0.1) is 30.8 Å². The SMILES string of the molecule is COC1(C)CN(c2nc(C(=O)Nc3cc(C)c(N4C5CCCC4CC5)c(F)c3)c(CC(F)(F)F)s2)C1. The Labute approximate surface area is 211 Å². The largest absolute Gasteiger partial charge is 0.393 e. The number of ether oxygens (including phenoxy) is 1. The summed E-state index contributed by atoms with van der Waals surface area (Å²) in [6, 6.07) is 3.60. The van der Waals surface area contributed by atoms with Crippen LogP contribution in [0.1, 0.15) is 60.0 Å². The van der Waals surface area contributed by atoms with E-state index in [4.69, 9.17) is 4.74 Å². The smallest absolute Gasteiger partial charge is 0.375 e. The highest BCUT2D eigenvalue weighted by atomic mass is 32.1. The fourth-order valence-corrected chi connectivity index (χ4v) is 6.87. The van der Waals surface area contributed by atoms with Gasteiger partial charge in [-0.3, -0.25) is 4.79 Å². The molecule has 0 saturated carbocycles. The Morgan fingerprint density at radius 2 is 1.89 bits per heavy atom. The van der Waals surface area contributed by atoms with Gasteiger partial charge in [0, 0.05) is 29.8 Å². The molecule has 2 atom stereocenters. The van der Waals surface area contributed by atoms with Gasteiger partial charge in [-0.1, -0.05) is 0 Å². The van der Waals surface area contributed by atoms with Crippen molar-refractivity contribution in [3.05, 3.63) is 34.1 Å². The maximum absolute atomic E-state index is 15.3. The van der Waals surface area contributed by atoms with Crippen LogP contribution in [0, 0.1) is 12.7 Å². The molecule has 2 unspecified atom stereocenters. The zero-order chi connectivity index (χ0) is 25.8. The van der Waals surface area contributed by atoms with E-state index in [0.717, 1.165) is 43.4 Å². The van der Waals surface area contributed by atoms with E-state index in [0.29, 0.717) is 41.6 Å². The molecule has 0 radical (unpaired) electrons. The number of aromatic nitrogens is 1. The van der Waals surface area contributed by atoms with Crippen molar-refractivity contribution in [3.8, 4) is 0 Å². The molecule has 1 amide bonds. The summed E-state index contributed by atoms with van der Waals surface area (Å²) in [6.45, 7) is 4.63. The Kier molecular flexibility index (Phi) is 6.43. The standard InChI is InChI=1S/C25H30F4N4O2S/c1-14-9-15(10-18(26)21(14)33-16-5-4-6-17(33)8-7-16)30-22(34)20-19(11-25(27,28)29)36-23(31-20)32-12-24(2,13-32)35-3/h9-10,16-17H,4-8,11-13H2,1-3H3,(H,30,34). The molecule has 3 saturated heterocycles. The number of carbonyl (C=O) groups is 1. The average molecular weight is 527 g/mol. The summed E-state index contributed by atoms with van der Waals surface area (Å²) in [6.07, 6.45) is -0.406. The lowest BCUT2D eigenvalue weighted by Crippen LogP contribution is -2.61. The second kappa shape index (κ2) is 9.16. The molecule has 3 fully saturated rings. The third-order valence-corrected chi connectivity index (χ3v) is 8.66. The van der Waals surface area contributed by atoms with E-state index < -0.39 is 29.9 Å². The first-order chi connectivity index (χ1) is 17.0.